The van der Waals surface area contributed by atoms with Gasteiger partial charge in [0.2, 0.25) is 0 Å². The van der Waals surface area contributed by atoms with Crippen LogP contribution in [0.4, 0.5) is 0 Å². The van der Waals surface area contributed by atoms with Crippen molar-refractivity contribution in [2.45, 2.75) is 19.3 Å². The highest BCUT2D eigenvalue weighted by Gasteiger charge is 2.08. The van der Waals surface area contributed by atoms with Crippen LogP contribution in [0.3, 0.4) is 0 Å². The molecule has 0 aliphatic carbocycles. The molecule has 2 rings (SSSR count). The number of aliphatic hydroxyl groups excluding tert-OH is 1. The fourth-order valence-corrected chi connectivity index (χ4v) is 1.81. The molecule has 20 heavy (non-hydrogen) atoms. The van der Waals surface area contributed by atoms with Gasteiger partial charge in [-0.2, -0.15) is 5.26 Å². The van der Waals surface area contributed by atoms with Gasteiger partial charge < -0.3 is 9.84 Å². The van der Waals surface area contributed by atoms with E-state index in [1.165, 1.54) is 11.0 Å². The molecule has 0 aliphatic rings. The van der Waals surface area contributed by atoms with Gasteiger partial charge in [-0.05, 0) is 11.6 Å². The summed E-state index contributed by atoms with van der Waals surface area (Å²) in [7, 11) is 0. The average molecular weight is 293 g/mol. The molecule has 104 valence electrons. The molecular weight excluding hydrogens is 280 g/mol. The van der Waals surface area contributed by atoms with E-state index < -0.39 is 6.10 Å². The molecule has 6 nitrogen and oxygen atoms in total. The van der Waals surface area contributed by atoms with Crippen molar-refractivity contribution in [1.82, 2.24) is 14.8 Å². The average Bonchev–Trinajstić information content (AvgIpc) is 2.88. The van der Waals surface area contributed by atoms with Gasteiger partial charge in [0, 0.05) is 5.02 Å². The third kappa shape index (κ3) is 4.03. The molecule has 0 unspecified atom stereocenters. The first kappa shape index (κ1) is 14.5. The zero-order valence-corrected chi connectivity index (χ0v) is 11.4. The number of hydrogen-bond donors (Lipinski definition) is 1. The second-order valence-corrected chi connectivity index (χ2v) is 4.57. The molecule has 0 amide bonds. The highest BCUT2D eigenvalue weighted by molar-refractivity contribution is 6.31. The van der Waals surface area contributed by atoms with Crippen molar-refractivity contribution in [2.24, 2.45) is 0 Å². The van der Waals surface area contributed by atoms with Crippen molar-refractivity contribution in [1.29, 1.82) is 5.26 Å². The predicted octanol–water partition coefficient (Wildman–Crippen LogP) is 1.38. The van der Waals surface area contributed by atoms with Crippen LogP contribution in [0.2, 0.25) is 5.02 Å². The van der Waals surface area contributed by atoms with E-state index in [-0.39, 0.29) is 19.0 Å². The Bertz CT molecular complexity index is 608. The van der Waals surface area contributed by atoms with E-state index in [1.54, 1.807) is 6.07 Å². The SMILES string of the molecule is N#Cc1ncn(C[C@@H](O)COCc2ccccc2Cl)n1. The smallest absolute Gasteiger partial charge is 0.252 e. The van der Waals surface area contributed by atoms with E-state index in [0.717, 1.165) is 5.56 Å². The number of benzene rings is 1. The van der Waals surface area contributed by atoms with E-state index in [0.29, 0.717) is 11.6 Å². The van der Waals surface area contributed by atoms with Crippen LogP contribution in [0.15, 0.2) is 30.6 Å². The van der Waals surface area contributed by atoms with E-state index in [4.69, 9.17) is 21.6 Å². The Balaban J connectivity index is 1.77. The van der Waals surface area contributed by atoms with Gasteiger partial charge in [-0.15, -0.1) is 5.10 Å². The maximum Gasteiger partial charge on any atom is 0.252 e. The van der Waals surface area contributed by atoms with E-state index in [1.807, 2.05) is 24.3 Å². The molecule has 0 bridgehead atoms. The predicted molar refractivity (Wildman–Crippen MR) is 71.9 cm³/mol. The topological polar surface area (TPSA) is 84.0 Å². The zero-order valence-electron chi connectivity index (χ0n) is 10.6. The van der Waals surface area contributed by atoms with Gasteiger partial charge in [0.25, 0.3) is 5.82 Å². The van der Waals surface area contributed by atoms with Gasteiger partial charge in [-0.1, -0.05) is 29.8 Å². The quantitative estimate of drug-likeness (QED) is 0.869. The third-order valence-electron chi connectivity index (χ3n) is 2.56. The minimum absolute atomic E-state index is 0.0779. The standard InChI is InChI=1S/C13H13ClN4O2/c14-12-4-2-1-3-10(12)7-20-8-11(19)6-18-9-16-13(5-15)17-18/h1-4,9,11,19H,6-8H2/t11-/m1/s1. The molecule has 0 saturated carbocycles. The maximum absolute atomic E-state index is 9.80. The number of aromatic nitrogens is 3. The summed E-state index contributed by atoms with van der Waals surface area (Å²) in [4.78, 5) is 3.75. The van der Waals surface area contributed by atoms with Crippen LogP contribution in [0.5, 0.6) is 0 Å². The molecule has 1 aromatic carbocycles. The normalized spacial score (nSPS) is 12.1. The third-order valence-corrected chi connectivity index (χ3v) is 2.93. The van der Waals surface area contributed by atoms with Gasteiger partial charge >= 0.3 is 0 Å². The van der Waals surface area contributed by atoms with Crippen LogP contribution in [0.1, 0.15) is 11.4 Å². The first-order chi connectivity index (χ1) is 9.69. The summed E-state index contributed by atoms with van der Waals surface area (Å²) in [6.45, 7) is 0.696. The van der Waals surface area contributed by atoms with Gasteiger partial charge in [0.15, 0.2) is 0 Å². The van der Waals surface area contributed by atoms with Gasteiger partial charge in [0.05, 0.1) is 25.9 Å². The summed E-state index contributed by atoms with van der Waals surface area (Å²) in [6.07, 6.45) is 0.668. The van der Waals surface area contributed by atoms with Crippen molar-refractivity contribution in [3.63, 3.8) is 0 Å². The second-order valence-electron chi connectivity index (χ2n) is 4.16. The summed E-state index contributed by atoms with van der Waals surface area (Å²) >= 11 is 5.99. The lowest BCUT2D eigenvalue weighted by Gasteiger charge is -2.11. The monoisotopic (exact) mass is 292 g/mol. The Morgan fingerprint density at radius 2 is 2.25 bits per heavy atom. The van der Waals surface area contributed by atoms with Gasteiger partial charge in [0.1, 0.15) is 12.4 Å². The van der Waals surface area contributed by atoms with E-state index >= 15 is 0 Å². The number of aliphatic hydroxyl groups is 1. The lowest BCUT2D eigenvalue weighted by molar-refractivity contribution is 0.0187. The number of nitriles is 1. The number of halogens is 1. The van der Waals surface area contributed by atoms with Crippen LogP contribution in [-0.4, -0.2) is 32.6 Å². The molecule has 0 radical (unpaired) electrons. The summed E-state index contributed by atoms with van der Waals surface area (Å²) in [5.74, 6) is 0.0779. The minimum atomic E-state index is -0.731. The highest BCUT2D eigenvalue weighted by atomic mass is 35.5. The maximum atomic E-state index is 9.80. The molecule has 1 heterocycles. The summed E-state index contributed by atoms with van der Waals surface area (Å²) < 4.78 is 6.81. The van der Waals surface area contributed by atoms with E-state index in [2.05, 4.69) is 10.1 Å². The first-order valence-corrected chi connectivity index (χ1v) is 6.35. The molecule has 1 N–H and O–H groups in total. The number of rotatable bonds is 6. The van der Waals surface area contributed by atoms with Crippen LogP contribution >= 0.6 is 11.6 Å². The van der Waals surface area contributed by atoms with Crippen LogP contribution < -0.4 is 0 Å². The molecule has 1 atom stereocenters. The van der Waals surface area contributed by atoms with Crippen molar-refractivity contribution in [2.75, 3.05) is 6.61 Å². The van der Waals surface area contributed by atoms with Gasteiger partial charge in [-0.3, -0.25) is 0 Å². The molecule has 0 aliphatic heterocycles. The lowest BCUT2D eigenvalue weighted by atomic mass is 10.2. The molecule has 0 spiro atoms. The highest BCUT2D eigenvalue weighted by Crippen LogP contribution is 2.15. The fourth-order valence-electron chi connectivity index (χ4n) is 1.62. The van der Waals surface area contributed by atoms with Crippen molar-refractivity contribution < 1.29 is 9.84 Å². The largest absolute Gasteiger partial charge is 0.389 e. The Morgan fingerprint density at radius 3 is 2.95 bits per heavy atom. The summed E-state index contributed by atoms with van der Waals surface area (Å²) in [6, 6.07) is 9.19. The zero-order chi connectivity index (χ0) is 14.4. The summed E-state index contributed by atoms with van der Waals surface area (Å²) in [5, 5.41) is 22.9. The van der Waals surface area contributed by atoms with E-state index in [9.17, 15) is 5.11 Å². The molecular formula is C13H13ClN4O2. The summed E-state index contributed by atoms with van der Waals surface area (Å²) in [5.41, 5.74) is 0.869. The molecule has 1 aromatic heterocycles. The molecule has 0 saturated heterocycles. The first-order valence-electron chi connectivity index (χ1n) is 5.98. The number of hydrogen-bond acceptors (Lipinski definition) is 5. The number of nitrogens with zero attached hydrogens (tertiary/aromatic N) is 4. The number of ether oxygens (including phenoxy) is 1. The Kier molecular flexibility index (Phi) is 5.07. The van der Waals surface area contributed by atoms with Crippen molar-refractivity contribution in [3.8, 4) is 6.07 Å². The second kappa shape index (κ2) is 7.01. The molecule has 2 aromatic rings. The minimum Gasteiger partial charge on any atom is -0.389 e. The van der Waals surface area contributed by atoms with Crippen LogP contribution in [0.25, 0.3) is 0 Å². The lowest BCUT2D eigenvalue weighted by Crippen LogP contribution is -2.22. The molecule has 7 heteroatoms. The Labute approximate surface area is 121 Å². The van der Waals surface area contributed by atoms with Gasteiger partial charge in [-0.25, -0.2) is 9.67 Å². The Morgan fingerprint density at radius 1 is 1.45 bits per heavy atom. The van der Waals surface area contributed by atoms with Crippen LogP contribution in [0, 0.1) is 11.3 Å². The molecule has 0 fully saturated rings. The van der Waals surface area contributed by atoms with Crippen molar-refractivity contribution in [3.05, 3.63) is 47.0 Å². The fraction of sp³-hybridized carbons (Fsp3) is 0.308. The Hall–Kier alpha value is -1.94. The van der Waals surface area contributed by atoms with Crippen molar-refractivity contribution >= 4 is 11.6 Å². The van der Waals surface area contributed by atoms with Crippen LogP contribution in [-0.2, 0) is 17.9 Å².